The van der Waals surface area contributed by atoms with Gasteiger partial charge in [-0.3, -0.25) is 4.57 Å². The number of rotatable bonds is 9. The summed E-state index contributed by atoms with van der Waals surface area (Å²) >= 11 is 0. The predicted molar refractivity (Wildman–Crippen MR) is 433 cm³/mol. The second kappa shape index (κ2) is 22.1. The van der Waals surface area contributed by atoms with Gasteiger partial charge in [-0.15, -0.1) is 0 Å². The molecule has 4 nitrogen and oxygen atoms in total. The van der Waals surface area contributed by atoms with Crippen LogP contribution in [0.15, 0.2) is 352 Å². The van der Waals surface area contributed by atoms with E-state index in [4.69, 9.17) is 9.97 Å². The number of hydrogen-bond donors (Lipinski definition) is 0. The summed E-state index contributed by atoms with van der Waals surface area (Å²) in [7, 11) is 0. The molecule has 0 radical (unpaired) electrons. The third-order valence-corrected chi connectivity index (χ3v) is 24.0. The number of nitrogens with zero attached hydrogens (tertiary/aromatic N) is 4. The number of hydrogen-bond acceptors (Lipinski definition) is 2. The molecule has 0 bridgehead atoms. The van der Waals surface area contributed by atoms with Crippen LogP contribution in [0, 0.1) is 0 Å². The highest BCUT2D eigenvalue weighted by Crippen LogP contribution is 2.66. The van der Waals surface area contributed by atoms with Crippen molar-refractivity contribution < 1.29 is 0 Å². The van der Waals surface area contributed by atoms with Gasteiger partial charge >= 0.3 is 0 Å². The second-order valence-corrected chi connectivity index (χ2v) is 29.3. The second-order valence-electron chi connectivity index (χ2n) is 29.3. The Hall–Kier alpha value is -13.3. The summed E-state index contributed by atoms with van der Waals surface area (Å²) in [5.41, 5.74) is 33.9. The number of imidazole rings is 2. The maximum absolute atomic E-state index is 5.43. The van der Waals surface area contributed by atoms with E-state index >= 15 is 0 Å². The Kier molecular flexibility index (Phi) is 12.3. The molecule has 2 heterocycles. The average molecular weight is 1330 g/mol. The Bertz CT molecular complexity index is 6870. The van der Waals surface area contributed by atoms with Gasteiger partial charge < -0.3 is 4.57 Å². The smallest absolute Gasteiger partial charge is 0.145 e. The van der Waals surface area contributed by atoms with Crippen molar-refractivity contribution in [2.24, 2.45) is 0 Å². The van der Waals surface area contributed by atoms with Crippen LogP contribution in [-0.2, 0) is 23.8 Å². The first-order chi connectivity index (χ1) is 52.0. The third-order valence-electron chi connectivity index (χ3n) is 24.0. The summed E-state index contributed by atoms with van der Waals surface area (Å²) in [5.74, 6) is 1.92. The van der Waals surface area contributed by atoms with E-state index in [0.717, 1.165) is 75.5 Å². The molecule has 105 heavy (non-hydrogen) atoms. The monoisotopic (exact) mass is 1330 g/mol. The Morgan fingerprint density at radius 3 is 1.31 bits per heavy atom. The fraction of sp³-hybridized carbons (Fsp3) is 0.0495. The first kappa shape index (κ1) is 58.4. The highest BCUT2D eigenvalue weighted by atomic mass is 15.1. The number of fused-ring (bicyclic) bond motifs is 28. The van der Waals surface area contributed by atoms with Gasteiger partial charge in [0.15, 0.2) is 0 Å². The topological polar surface area (TPSA) is 35.6 Å². The maximum Gasteiger partial charge on any atom is 0.145 e. The van der Waals surface area contributed by atoms with Gasteiger partial charge in [0.1, 0.15) is 11.6 Å². The summed E-state index contributed by atoms with van der Waals surface area (Å²) < 4.78 is 4.75. The van der Waals surface area contributed by atoms with Crippen LogP contribution in [0.2, 0.25) is 0 Å². The van der Waals surface area contributed by atoms with E-state index in [2.05, 4.69) is 361 Å². The fourth-order valence-electron chi connectivity index (χ4n) is 19.6. The molecule has 0 amide bonds. The summed E-state index contributed by atoms with van der Waals surface area (Å²) in [6, 6.07) is 132. The molecule has 0 unspecified atom stereocenters. The fourth-order valence-corrected chi connectivity index (χ4v) is 19.6. The maximum atomic E-state index is 5.43. The minimum Gasteiger partial charge on any atom is -0.324 e. The predicted octanol–water partition coefficient (Wildman–Crippen LogP) is 25.0. The molecule has 2 spiro atoms. The van der Waals surface area contributed by atoms with Gasteiger partial charge in [0.05, 0.1) is 32.9 Å². The first-order valence-electron chi connectivity index (χ1n) is 36.9. The minimum absolute atomic E-state index is 0.443. The Morgan fingerprint density at radius 2 is 0.714 bits per heavy atom. The molecule has 4 heteroatoms. The molecule has 0 atom stereocenters. The molecule has 0 N–H and O–H groups in total. The van der Waals surface area contributed by atoms with E-state index < -0.39 is 10.8 Å². The molecule has 2 aromatic heterocycles. The van der Waals surface area contributed by atoms with Gasteiger partial charge in [0.25, 0.3) is 0 Å². The van der Waals surface area contributed by atoms with E-state index in [0.29, 0.717) is 0 Å². The Balaban J connectivity index is 0.584. The van der Waals surface area contributed by atoms with Crippen LogP contribution < -0.4 is 0 Å². The van der Waals surface area contributed by atoms with Crippen molar-refractivity contribution in [3.8, 4) is 95.2 Å². The van der Waals surface area contributed by atoms with Gasteiger partial charge in [-0.25, -0.2) is 9.97 Å². The first-order valence-corrected chi connectivity index (χ1v) is 36.9. The van der Waals surface area contributed by atoms with E-state index in [-0.39, 0.29) is 0 Å². The van der Waals surface area contributed by atoms with E-state index in [1.807, 2.05) is 0 Å². The molecule has 488 valence electrons. The Labute approximate surface area is 607 Å². The zero-order valence-electron chi connectivity index (χ0n) is 57.4. The Morgan fingerprint density at radius 1 is 0.257 bits per heavy atom. The van der Waals surface area contributed by atoms with Gasteiger partial charge in [0, 0.05) is 23.4 Å². The summed E-state index contributed by atoms with van der Waals surface area (Å²) in [6.45, 7) is 0.820. The van der Waals surface area contributed by atoms with Crippen molar-refractivity contribution in [2.45, 2.75) is 30.2 Å². The van der Waals surface area contributed by atoms with Crippen molar-refractivity contribution in [1.29, 1.82) is 0 Å². The SMILES string of the molecule is c1ccc(-n2c(-c3cccc(-c4ccc5cc6c(cc5c4)C4(c5ccccc5-c5ccccc54)c4ccc5cc(CCCn7c(-c8cccc(-c9ccc%10cc%11c(cc%10c9)C9(c%10ccccc%10-c%10ccccc%109)c9ccc%10ccccc%10c9-%11)c8)nc8ccccc87)ccc5c4-6)c3)nc3ccccc32)cc1. The summed E-state index contributed by atoms with van der Waals surface area (Å²) in [5, 5.41) is 10.0. The van der Waals surface area contributed by atoms with Crippen LogP contribution in [0.4, 0.5) is 0 Å². The van der Waals surface area contributed by atoms with Crippen LogP contribution in [0.5, 0.6) is 0 Å². The standard InChI is InChI=1S/C101H64N4/c1-2-27-75(28-3-1)105-95-41-17-15-39-93(95)103-99(105)72-26-19-24-65(55-72)67-44-46-69-59-83-91(61-74(69)57-67)101(86-36-12-8-32-80(86)81-33-9-13-37-87(81)101)89-51-48-70-53-62(42-49-77(70)97(83)89)21-20-52-104-94-40-16-14-38-92(94)102-98(104)71-25-18-23-64(54-71)66-43-45-68-58-82-90(60-73(68)56-66)100(88-50-47-63-22-4-5-29-76(63)96(82)88)84-34-10-6-30-78(84)79-31-7-11-35-85(79)100/h1-19,22-51,53-61H,20-21,52H2. The van der Waals surface area contributed by atoms with E-state index in [9.17, 15) is 0 Å². The summed E-state index contributed by atoms with van der Waals surface area (Å²) in [6.07, 6.45) is 1.87. The van der Waals surface area contributed by atoms with Crippen LogP contribution in [0.1, 0.15) is 56.5 Å². The average Bonchev–Trinajstić information content (AvgIpc) is 1.50. The molecule has 19 aromatic rings. The molecule has 17 aromatic carbocycles. The molecule has 0 saturated carbocycles. The molecule has 4 aliphatic carbocycles. The van der Waals surface area contributed by atoms with Crippen molar-refractivity contribution in [3.63, 3.8) is 0 Å². The zero-order chi connectivity index (χ0) is 68.6. The van der Waals surface area contributed by atoms with E-state index in [1.165, 1.54) is 154 Å². The number of aromatic nitrogens is 4. The largest absolute Gasteiger partial charge is 0.324 e. The minimum atomic E-state index is -0.503. The van der Waals surface area contributed by atoms with Gasteiger partial charge in [-0.1, -0.05) is 267 Å². The van der Waals surface area contributed by atoms with Crippen molar-refractivity contribution in [3.05, 3.63) is 402 Å². The normalized spacial score (nSPS) is 13.6. The van der Waals surface area contributed by atoms with Gasteiger partial charge in [-0.2, -0.15) is 0 Å². The van der Waals surface area contributed by atoms with Crippen molar-refractivity contribution >= 4 is 65.2 Å². The van der Waals surface area contributed by atoms with Gasteiger partial charge in [-0.05, 0) is 258 Å². The highest BCUT2D eigenvalue weighted by molar-refractivity contribution is 6.11. The lowest BCUT2D eigenvalue weighted by Crippen LogP contribution is -2.25. The number of benzene rings is 17. The highest BCUT2D eigenvalue weighted by Gasteiger charge is 2.54. The van der Waals surface area contributed by atoms with Gasteiger partial charge in [0.2, 0.25) is 0 Å². The number of para-hydroxylation sites is 5. The van der Waals surface area contributed by atoms with E-state index in [1.54, 1.807) is 0 Å². The third kappa shape index (κ3) is 8.22. The lowest BCUT2D eigenvalue weighted by Gasteiger charge is -2.30. The van der Waals surface area contributed by atoms with Crippen molar-refractivity contribution in [2.75, 3.05) is 0 Å². The molecule has 23 rings (SSSR count). The lowest BCUT2D eigenvalue weighted by molar-refractivity contribution is 0.663. The molecular formula is C101H64N4. The molecular weight excluding hydrogens is 1270 g/mol. The van der Waals surface area contributed by atoms with Crippen LogP contribution >= 0.6 is 0 Å². The lowest BCUT2D eigenvalue weighted by atomic mass is 9.70. The van der Waals surface area contributed by atoms with Crippen LogP contribution in [0.3, 0.4) is 0 Å². The van der Waals surface area contributed by atoms with Crippen LogP contribution in [0.25, 0.3) is 160 Å². The quantitative estimate of drug-likeness (QED) is 0.144. The molecule has 0 fully saturated rings. The van der Waals surface area contributed by atoms with Crippen LogP contribution in [-0.4, -0.2) is 19.1 Å². The number of aryl methyl sites for hydroxylation is 2. The zero-order valence-corrected chi connectivity index (χ0v) is 57.4. The molecule has 0 aliphatic heterocycles. The van der Waals surface area contributed by atoms with Crippen molar-refractivity contribution in [1.82, 2.24) is 19.1 Å². The molecule has 4 aliphatic rings. The summed E-state index contributed by atoms with van der Waals surface area (Å²) in [4.78, 5) is 10.7. The molecule has 0 saturated heterocycles.